The maximum absolute atomic E-state index is 11.8. The van der Waals surface area contributed by atoms with E-state index in [1.165, 1.54) is 16.8 Å². The molecule has 11 nitrogen and oxygen atoms in total. The van der Waals surface area contributed by atoms with Crippen LogP contribution in [0.3, 0.4) is 0 Å². The van der Waals surface area contributed by atoms with Gasteiger partial charge in [0.15, 0.2) is 17.3 Å². The SMILES string of the molecule is CC(C)NC(=O)O[C@@H]1CC[C@H](c2cc(Nc3nccn4nc(C(=O)O)cc34)n[nH]2)C1. The molecule has 0 aromatic carbocycles. The fourth-order valence-electron chi connectivity index (χ4n) is 3.60. The van der Waals surface area contributed by atoms with E-state index in [2.05, 4.69) is 30.9 Å². The average Bonchev–Trinajstić information content (AvgIpc) is 3.39. The van der Waals surface area contributed by atoms with Gasteiger partial charge in [-0.05, 0) is 33.1 Å². The molecule has 4 rings (SSSR count). The molecule has 1 amide bonds. The van der Waals surface area contributed by atoms with E-state index in [9.17, 15) is 9.59 Å². The number of ether oxygens (including phenoxy) is 1. The standard InChI is InChI=1S/C19H23N7O4/c1-10(2)21-19(29)30-12-4-3-11(7-12)13-9-16(24-23-13)22-17-15-8-14(18(27)28)25-26(15)6-5-20-17/h5-6,8-12H,3-4,7H2,1-2H3,(H,21,29)(H,27,28)(H2,20,22,23,24)/t11-,12+/m0/s1. The van der Waals surface area contributed by atoms with E-state index in [1.807, 2.05) is 19.9 Å². The number of hydrogen-bond acceptors (Lipinski definition) is 7. The molecule has 30 heavy (non-hydrogen) atoms. The van der Waals surface area contributed by atoms with Gasteiger partial charge < -0.3 is 20.5 Å². The molecule has 1 aliphatic rings. The van der Waals surface area contributed by atoms with Gasteiger partial charge in [0.2, 0.25) is 0 Å². The minimum Gasteiger partial charge on any atom is -0.476 e. The Morgan fingerprint density at radius 3 is 2.93 bits per heavy atom. The number of aromatic amines is 1. The summed E-state index contributed by atoms with van der Waals surface area (Å²) in [6, 6.07) is 3.38. The van der Waals surface area contributed by atoms with Crippen LogP contribution >= 0.6 is 0 Å². The van der Waals surface area contributed by atoms with E-state index < -0.39 is 5.97 Å². The highest BCUT2D eigenvalue weighted by Gasteiger charge is 2.30. The lowest BCUT2D eigenvalue weighted by Gasteiger charge is -2.14. The Morgan fingerprint density at radius 2 is 2.17 bits per heavy atom. The van der Waals surface area contributed by atoms with E-state index in [1.54, 1.807) is 6.20 Å². The fraction of sp³-hybridized carbons (Fsp3) is 0.421. The van der Waals surface area contributed by atoms with Crippen molar-refractivity contribution in [2.45, 2.75) is 51.2 Å². The van der Waals surface area contributed by atoms with Crippen molar-refractivity contribution >= 4 is 29.2 Å². The lowest BCUT2D eigenvalue weighted by atomic mass is 10.0. The van der Waals surface area contributed by atoms with Crippen molar-refractivity contribution in [1.82, 2.24) is 30.1 Å². The molecule has 158 valence electrons. The third kappa shape index (κ3) is 4.19. The highest BCUT2D eigenvalue weighted by Crippen LogP contribution is 2.36. The van der Waals surface area contributed by atoms with Crippen LogP contribution in [0.4, 0.5) is 16.4 Å². The Morgan fingerprint density at radius 1 is 1.33 bits per heavy atom. The van der Waals surface area contributed by atoms with Crippen molar-refractivity contribution in [2.75, 3.05) is 5.32 Å². The van der Waals surface area contributed by atoms with Gasteiger partial charge in [0, 0.05) is 42.2 Å². The third-order valence-electron chi connectivity index (χ3n) is 4.96. The van der Waals surface area contributed by atoms with Crippen molar-refractivity contribution in [3.05, 3.63) is 35.9 Å². The van der Waals surface area contributed by atoms with Crippen molar-refractivity contribution in [3.8, 4) is 0 Å². The molecule has 0 spiro atoms. The molecule has 0 saturated heterocycles. The zero-order chi connectivity index (χ0) is 21.3. The van der Waals surface area contributed by atoms with E-state index in [4.69, 9.17) is 9.84 Å². The molecule has 0 bridgehead atoms. The highest BCUT2D eigenvalue weighted by molar-refractivity contribution is 5.88. The van der Waals surface area contributed by atoms with Crippen LogP contribution in [0.2, 0.25) is 0 Å². The van der Waals surface area contributed by atoms with Crippen molar-refractivity contribution < 1.29 is 19.4 Å². The zero-order valence-corrected chi connectivity index (χ0v) is 16.6. The summed E-state index contributed by atoms with van der Waals surface area (Å²) in [5.41, 5.74) is 1.41. The largest absolute Gasteiger partial charge is 0.476 e. The summed E-state index contributed by atoms with van der Waals surface area (Å²) in [5.74, 6) is 0.119. The van der Waals surface area contributed by atoms with Gasteiger partial charge in [-0.1, -0.05) is 0 Å². The summed E-state index contributed by atoms with van der Waals surface area (Å²) in [6.45, 7) is 3.78. The van der Waals surface area contributed by atoms with E-state index >= 15 is 0 Å². The van der Waals surface area contributed by atoms with E-state index in [-0.39, 0.29) is 29.9 Å². The molecule has 0 unspecified atom stereocenters. The molecule has 1 fully saturated rings. The predicted octanol–water partition coefficient (Wildman–Crippen LogP) is 2.66. The molecule has 4 N–H and O–H groups in total. The molecule has 2 atom stereocenters. The molecule has 3 aromatic heterocycles. The number of aromatic carboxylic acids is 1. The minimum absolute atomic E-state index is 0.0383. The number of anilines is 2. The number of carbonyl (C=O) groups excluding carboxylic acids is 1. The number of H-pyrrole nitrogens is 1. The Hall–Kier alpha value is -3.63. The topological polar surface area (TPSA) is 147 Å². The smallest absolute Gasteiger partial charge is 0.407 e. The van der Waals surface area contributed by atoms with Gasteiger partial charge in [-0.25, -0.2) is 19.1 Å². The molecule has 1 aliphatic carbocycles. The second-order valence-electron chi connectivity index (χ2n) is 7.61. The summed E-state index contributed by atoms with van der Waals surface area (Å²) in [5, 5.41) is 26.3. The molecule has 11 heteroatoms. The summed E-state index contributed by atoms with van der Waals surface area (Å²) in [4.78, 5) is 27.2. The summed E-state index contributed by atoms with van der Waals surface area (Å²) in [6.07, 6.45) is 5.02. The molecular formula is C19H23N7O4. The number of hydrogen-bond donors (Lipinski definition) is 4. The van der Waals surface area contributed by atoms with Gasteiger partial charge >= 0.3 is 12.1 Å². The van der Waals surface area contributed by atoms with Crippen LogP contribution in [-0.2, 0) is 4.74 Å². The van der Waals surface area contributed by atoms with Crippen LogP contribution in [-0.4, -0.2) is 54.1 Å². The number of rotatable bonds is 6. The summed E-state index contributed by atoms with van der Waals surface area (Å²) >= 11 is 0. The minimum atomic E-state index is -1.10. The Kier molecular flexibility index (Phi) is 5.25. The second-order valence-corrected chi connectivity index (χ2v) is 7.61. The quantitative estimate of drug-likeness (QED) is 0.482. The Bertz CT molecular complexity index is 1070. The summed E-state index contributed by atoms with van der Waals surface area (Å²) < 4.78 is 6.93. The van der Waals surface area contributed by atoms with Crippen molar-refractivity contribution in [2.24, 2.45) is 0 Å². The van der Waals surface area contributed by atoms with Crippen LogP contribution < -0.4 is 10.6 Å². The Balaban J connectivity index is 1.42. The van der Waals surface area contributed by atoms with Gasteiger partial charge in [0.25, 0.3) is 0 Å². The van der Waals surface area contributed by atoms with Gasteiger partial charge in [-0.15, -0.1) is 0 Å². The first-order valence-electron chi connectivity index (χ1n) is 9.76. The molecular weight excluding hydrogens is 390 g/mol. The third-order valence-corrected chi connectivity index (χ3v) is 4.96. The lowest BCUT2D eigenvalue weighted by molar-refractivity contribution is 0.0689. The Labute approximate surface area is 171 Å². The average molecular weight is 413 g/mol. The first-order chi connectivity index (χ1) is 14.4. The number of fused-ring (bicyclic) bond motifs is 1. The monoisotopic (exact) mass is 413 g/mol. The maximum Gasteiger partial charge on any atom is 0.407 e. The van der Waals surface area contributed by atoms with Gasteiger partial charge in [-0.2, -0.15) is 10.2 Å². The van der Waals surface area contributed by atoms with Gasteiger partial charge in [0.05, 0.1) is 0 Å². The van der Waals surface area contributed by atoms with Crippen LogP contribution in [0.25, 0.3) is 5.52 Å². The lowest BCUT2D eigenvalue weighted by Crippen LogP contribution is -2.33. The second kappa shape index (κ2) is 8.01. The molecule has 0 aliphatic heterocycles. The van der Waals surface area contributed by atoms with Crippen LogP contribution in [0.5, 0.6) is 0 Å². The van der Waals surface area contributed by atoms with Gasteiger partial charge in [-0.3, -0.25) is 5.10 Å². The summed E-state index contributed by atoms with van der Waals surface area (Å²) in [7, 11) is 0. The number of alkyl carbamates (subject to hydrolysis) is 1. The zero-order valence-electron chi connectivity index (χ0n) is 16.6. The predicted molar refractivity (Wildman–Crippen MR) is 107 cm³/mol. The first-order valence-corrected chi connectivity index (χ1v) is 9.76. The van der Waals surface area contributed by atoms with Crippen molar-refractivity contribution in [1.29, 1.82) is 0 Å². The first kappa shape index (κ1) is 19.7. The molecule has 0 radical (unpaired) electrons. The molecule has 1 saturated carbocycles. The van der Waals surface area contributed by atoms with Gasteiger partial charge in [0.1, 0.15) is 11.6 Å². The molecule has 3 aromatic rings. The number of carbonyl (C=O) groups is 2. The number of carboxylic acid groups (broad SMARTS) is 1. The highest BCUT2D eigenvalue weighted by atomic mass is 16.6. The number of carboxylic acids is 1. The maximum atomic E-state index is 11.8. The van der Waals surface area contributed by atoms with Crippen LogP contribution in [0.1, 0.15) is 55.2 Å². The number of nitrogens with one attached hydrogen (secondary N) is 3. The van der Waals surface area contributed by atoms with Crippen LogP contribution in [0, 0.1) is 0 Å². The number of amides is 1. The van der Waals surface area contributed by atoms with E-state index in [0.29, 0.717) is 17.2 Å². The van der Waals surface area contributed by atoms with Crippen LogP contribution in [0.15, 0.2) is 24.5 Å². The number of nitrogens with zero attached hydrogens (tertiary/aromatic N) is 4. The van der Waals surface area contributed by atoms with E-state index in [0.717, 1.165) is 25.0 Å². The van der Waals surface area contributed by atoms with Crippen molar-refractivity contribution in [3.63, 3.8) is 0 Å². The normalized spacial score (nSPS) is 18.6. The molecule has 3 heterocycles. The number of aromatic nitrogens is 5. The fourth-order valence-corrected chi connectivity index (χ4v) is 3.60.